The normalized spacial score (nSPS) is 15.5. The van der Waals surface area contributed by atoms with Gasteiger partial charge in [-0.15, -0.1) is 0 Å². The van der Waals surface area contributed by atoms with Gasteiger partial charge in [-0.05, 0) is 18.6 Å². The van der Waals surface area contributed by atoms with Gasteiger partial charge in [0.25, 0.3) is 0 Å². The molecule has 0 unspecified atom stereocenters. The number of benzene rings is 1. The highest BCUT2D eigenvalue weighted by molar-refractivity contribution is 6.40. The number of nitrogens with two attached hydrogens (primary N) is 2. The van der Waals surface area contributed by atoms with E-state index >= 15 is 0 Å². The fourth-order valence-corrected chi connectivity index (χ4v) is 3.18. The zero-order valence-electron chi connectivity index (χ0n) is 13.8. The van der Waals surface area contributed by atoms with Crippen molar-refractivity contribution < 1.29 is 19.1 Å². The van der Waals surface area contributed by atoms with Gasteiger partial charge in [0, 0.05) is 18.4 Å². The third-order valence-electron chi connectivity index (χ3n) is 3.88. The predicted molar refractivity (Wildman–Crippen MR) is 97.2 cm³/mol. The van der Waals surface area contributed by atoms with Crippen molar-refractivity contribution in [3.63, 3.8) is 0 Å². The fourth-order valence-electron chi connectivity index (χ4n) is 2.60. The van der Waals surface area contributed by atoms with Crippen LogP contribution in [0.15, 0.2) is 17.2 Å². The average Bonchev–Trinajstić information content (AvgIpc) is 2.57. The summed E-state index contributed by atoms with van der Waals surface area (Å²) in [7, 11) is 0. The summed E-state index contributed by atoms with van der Waals surface area (Å²) in [6.07, 6.45) is 2.07. The quantitative estimate of drug-likeness (QED) is 0.177. The van der Waals surface area contributed by atoms with Crippen LogP contribution < -0.4 is 16.4 Å². The Labute approximate surface area is 160 Å². The van der Waals surface area contributed by atoms with Crippen LogP contribution in [0.1, 0.15) is 29.6 Å². The molecule has 0 bridgehead atoms. The van der Waals surface area contributed by atoms with Gasteiger partial charge in [0.15, 0.2) is 23.1 Å². The van der Waals surface area contributed by atoms with Crippen LogP contribution in [-0.4, -0.2) is 41.8 Å². The number of nitrogens with zero attached hydrogens (tertiary/aromatic N) is 2. The third kappa shape index (κ3) is 4.51. The summed E-state index contributed by atoms with van der Waals surface area (Å²) < 4.78 is 5.51. The number of carbonyl (C=O) groups excluding carboxylic acids is 3. The molecule has 2 rings (SSSR count). The topological polar surface area (TPSA) is 128 Å². The van der Waals surface area contributed by atoms with Gasteiger partial charge < -0.3 is 10.6 Å². The molecular formula is C16H18Cl2N4O4. The van der Waals surface area contributed by atoms with E-state index in [0.29, 0.717) is 6.42 Å². The summed E-state index contributed by atoms with van der Waals surface area (Å²) in [5.41, 5.74) is 0.0211. The number of hydrazine groups is 1. The molecule has 26 heavy (non-hydrogen) atoms. The van der Waals surface area contributed by atoms with Gasteiger partial charge in [0.2, 0.25) is 0 Å². The Morgan fingerprint density at radius 1 is 1.31 bits per heavy atom. The Hall–Kier alpha value is -2.16. The van der Waals surface area contributed by atoms with Crippen LogP contribution in [0.3, 0.4) is 0 Å². The van der Waals surface area contributed by atoms with E-state index in [4.69, 9.17) is 39.6 Å². The SMILES string of the molecule is NN=CN(N)CCOc1c(Cl)ccc(C(=O)C2C(=O)CCCC2=O)c1Cl. The van der Waals surface area contributed by atoms with Crippen LogP contribution in [0.5, 0.6) is 5.75 Å². The molecule has 1 fully saturated rings. The molecule has 1 aliphatic rings. The highest BCUT2D eigenvalue weighted by atomic mass is 35.5. The number of ketones is 3. The third-order valence-corrected chi connectivity index (χ3v) is 4.55. The minimum atomic E-state index is -1.31. The molecule has 0 aliphatic heterocycles. The van der Waals surface area contributed by atoms with E-state index in [9.17, 15) is 14.4 Å². The lowest BCUT2D eigenvalue weighted by Crippen LogP contribution is -2.35. The van der Waals surface area contributed by atoms with E-state index in [0.717, 1.165) is 0 Å². The van der Waals surface area contributed by atoms with Crippen molar-refractivity contribution in [2.75, 3.05) is 13.2 Å². The maximum Gasteiger partial charge on any atom is 0.182 e. The molecule has 140 valence electrons. The minimum Gasteiger partial charge on any atom is -0.489 e. The van der Waals surface area contributed by atoms with Crippen molar-refractivity contribution in [2.45, 2.75) is 19.3 Å². The van der Waals surface area contributed by atoms with E-state index < -0.39 is 11.7 Å². The van der Waals surface area contributed by atoms with Gasteiger partial charge in [0.1, 0.15) is 18.9 Å². The second-order valence-electron chi connectivity index (χ2n) is 5.67. The summed E-state index contributed by atoms with van der Waals surface area (Å²) in [4.78, 5) is 36.7. The maximum atomic E-state index is 12.7. The van der Waals surface area contributed by atoms with Gasteiger partial charge in [-0.1, -0.05) is 23.2 Å². The Kier molecular flexibility index (Phi) is 6.96. The minimum absolute atomic E-state index is 0.0211. The van der Waals surface area contributed by atoms with Crippen LogP contribution in [0.4, 0.5) is 0 Å². The molecule has 0 radical (unpaired) electrons. The van der Waals surface area contributed by atoms with Crippen molar-refractivity contribution >= 4 is 46.9 Å². The second-order valence-corrected chi connectivity index (χ2v) is 6.46. The Morgan fingerprint density at radius 2 is 1.96 bits per heavy atom. The predicted octanol–water partition coefficient (Wildman–Crippen LogP) is 1.57. The standard InChI is InChI=1S/C16H18Cl2N4O4/c17-10-5-4-9(15(25)13-11(23)2-1-3-12(13)24)14(18)16(10)26-7-6-22(20)8-21-19/h4-5,8,13H,1-3,6-7,19-20H2. The molecule has 10 heteroatoms. The molecular weight excluding hydrogens is 383 g/mol. The average molecular weight is 401 g/mol. The van der Waals surface area contributed by atoms with Crippen LogP contribution in [0.25, 0.3) is 0 Å². The zero-order valence-corrected chi connectivity index (χ0v) is 15.3. The number of hydrazone groups is 1. The second kappa shape index (κ2) is 8.98. The number of ether oxygens (including phenoxy) is 1. The molecule has 1 aromatic rings. The number of halogens is 2. The Morgan fingerprint density at radius 3 is 2.58 bits per heavy atom. The molecule has 4 N–H and O–H groups in total. The van der Waals surface area contributed by atoms with Gasteiger partial charge in [-0.2, -0.15) is 5.10 Å². The first-order valence-corrected chi connectivity index (χ1v) is 8.57. The number of Topliss-reactive ketones (excluding diaryl/α,β-unsaturated/α-hetero) is 3. The molecule has 0 heterocycles. The molecule has 0 atom stereocenters. The van der Waals surface area contributed by atoms with Crippen molar-refractivity contribution in [2.24, 2.45) is 22.7 Å². The van der Waals surface area contributed by atoms with Crippen molar-refractivity contribution in [3.05, 3.63) is 27.7 Å². The van der Waals surface area contributed by atoms with Crippen LogP contribution in [0, 0.1) is 5.92 Å². The van der Waals surface area contributed by atoms with Gasteiger partial charge in [-0.3, -0.25) is 19.4 Å². The molecule has 0 spiro atoms. The molecule has 8 nitrogen and oxygen atoms in total. The number of hydrogen-bond acceptors (Lipinski definition) is 7. The Bertz CT molecular complexity index is 738. The first kappa shape index (κ1) is 20.2. The molecule has 1 aliphatic carbocycles. The van der Waals surface area contributed by atoms with E-state index in [-0.39, 0.29) is 58.9 Å². The highest BCUT2D eigenvalue weighted by Gasteiger charge is 2.37. The van der Waals surface area contributed by atoms with E-state index in [2.05, 4.69) is 5.10 Å². The molecule has 0 aromatic heterocycles. The largest absolute Gasteiger partial charge is 0.489 e. The summed E-state index contributed by atoms with van der Waals surface area (Å²) in [5, 5.41) is 4.58. The zero-order chi connectivity index (χ0) is 19.3. The van der Waals surface area contributed by atoms with E-state index in [1.165, 1.54) is 23.5 Å². The van der Waals surface area contributed by atoms with Crippen molar-refractivity contribution in [1.82, 2.24) is 5.01 Å². The van der Waals surface area contributed by atoms with Crippen LogP contribution in [0.2, 0.25) is 10.0 Å². The number of rotatable bonds is 7. The lowest BCUT2D eigenvalue weighted by Gasteiger charge is -2.20. The number of carbonyl (C=O) groups is 3. The van der Waals surface area contributed by atoms with E-state index in [1.807, 2.05) is 0 Å². The fraction of sp³-hybridized carbons (Fsp3) is 0.375. The van der Waals surface area contributed by atoms with Gasteiger partial charge in [0.05, 0.1) is 16.6 Å². The summed E-state index contributed by atoms with van der Waals surface area (Å²) in [6.45, 7) is 0.312. The monoisotopic (exact) mass is 400 g/mol. The summed E-state index contributed by atoms with van der Waals surface area (Å²) in [6, 6.07) is 2.81. The van der Waals surface area contributed by atoms with E-state index in [1.54, 1.807) is 0 Å². The molecule has 0 saturated heterocycles. The van der Waals surface area contributed by atoms with Gasteiger partial charge in [-0.25, -0.2) is 5.84 Å². The van der Waals surface area contributed by atoms with Crippen LogP contribution in [-0.2, 0) is 9.59 Å². The number of hydrogen-bond donors (Lipinski definition) is 2. The first-order chi connectivity index (χ1) is 12.4. The lowest BCUT2D eigenvalue weighted by molar-refractivity contribution is -0.133. The first-order valence-electron chi connectivity index (χ1n) is 7.82. The highest BCUT2D eigenvalue weighted by Crippen LogP contribution is 2.37. The molecule has 1 aromatic carbocycles. The van der Waals surface area contributed by atoms with Crippen LogP contribution >= 0.6 is 23.2 Å². The summed E-state index contributed by atoms with van der Waals surface area (Å²) >= 11 is 12.3. The lowest BCUT2D eigenvalue weighted by atomic mass is 9.81. The molecule has 0 amide bonds. The molecule has 1 saturated carbocycles. The van der Waals surface area contributed by atoms with Crippen molar-refractivity contribution in [1.29, 1.82) is 0 Å². The Balaban J connectivity index is 2.21. The smallest absolute Gasteiger partial charge is 0.182 e. The van der Waals surface area contributed by atoms with Crippen molar-refractivity contribution in [3.8, 4) is 5.75 Å². The van der Waals surface area contributed by atoms with Gasteiger partial charge >= 0.3 is 0 Å². The maximum absolute atomic E-state index is 12.7. The summed E-state index contributed by atoms with van der Waals surface area (Å²) in [5.74, 6) is 7.89.